The van der Waals surface area contributed by atoms with Crippen LogP contribution in [0.2, 0.25) is 10.0 Å². The van der Waals surface area contributed by atoms with E-state index in [2.05, 4.69) is 26.1 Å². The molecular weight excluding hydrogens is 317 g/mol. The number of rotatable bonds is 1. The number of benzene rings is 1. The standard InChI is InChI=1S/C17H21Cl2N3/c1-17(2,3)15-12-6-4-5-9-20-16(12)22(21-15)14-8-7-11(18)10-13(14)19/h7-8,10,20H,4-6,9H2,1-3H3. The van der Waals surface area contributed by atoms with Gasteiger partial charge >= 0.3 is 0 Å². The van der Waals surface area contributed by atoms with Gasteiger partial charge < -0.3 is 5.32 Å². The summed E-state index contributed by atoms with van der Waals surface area (Å²) in [6, 6.07) is 5.54. The van der Waals surface area contributed by atoms with Gasteiger partial charge in [0.15, 0.2) is 0 Å². The van der Waals surface area contributed by atoms with E-state index in [4.69, 9.17) is 28.3 Å². The lowest BCUT2D eigenvalue weighted by atomic mass is 9.88. The Morgan fingerprint density at radius 3 is 2.64 bits per heavy atom. The van der Waals surface area contributed by atoms with Crippen LogP contribution in [-0.2, 0) is 11.8 Å². The summed E-state index contributed by atoms with van der Waals surface area (Å²) < 4.78 is 1.94. The van der Waals surface area contributed by atoms with Gasteiger partial charge in [0.1, 0.15) is 5.82 Å². The molecule has 0 aliphatic carbocycles. The highest BCUT2D eigenvalue weighted by Gasteiger charge is 2.28. The maximum atomic E-state index is 6.40. The molecule has 0 saturated heterocycles. The minimum absolute atomic E-state index is 0.000253. The van der Waals surface area contributed by atoms with Crippen molar-refractivity contribution in [1.29, 1.82) is 0 Å². The second kappa shape index (κ2) is 5.78. The molecule has 0 bridgehead atoms. The third kappa shape index (κ3) is 2.84. The SMILES string of the molecule is CC(C)(C)c1nn(-c2ccc(Cl)cc2Cl)c2c1CCCCN2. The fourth-order valence-electron chi connectivity index (χ4n) is 2.93. The first kappa shape index (κ1) is 15.7. The first-order chi connectivity index (χ1) is 10.4. The van der Waals surface area contributed by atoms with E-state index >= 15 is 0 Å². The van der Waals surface area contributed by atoms with Crippen molar-refractivity contribution in [2.24, 2.45) is 0 Å². The van der Waals surface area contributed by atoms with E-state index in [1.165, 1.54) is 18.4 Å². The fraction of sp³-hybridized carbons (Fsp3) is 0.471. The van der Waals surface area contributed by atoms with Crippen molar-refractivity contribution in [2.45, 2.75) is 45.4 Å². The van der Waals surface area contributed by atoms with Crippen LogP contribution in [-0.4, -0.2) is 16.3 Å². The number of fused-ring (bicyclic) bond motifs is 1. The van der Waals surface area contributed by atoms with Crippen LogP contribution >= 0.6 is 23.2 Å². The van der Waals surface area contributed by atoms with E-state index in [0.29, 0.717) is 10.0 Å². The molecule has 2 aromatic rings. The van der Waals surface area contributed by atoms with Crippen molar-refractivity contribution < 1.29 is 0 Å². The van der Waals surface area contributed by atoms with Crippen molar-refractivity contribution in [3.05, 3.63) is 39.5 Å². The van der Waals surface area contributed by atoms with Crippen LogP contribution in [0.5, 0.6) is 0 Å². The van der Waals surface area contributed by atoms with Crippen LogP contribution < -0.4 is 5.32 Å². The Kier molecular flexibility index (Phi) is 4.13. The number of hydrogen-bond donors (Lipinski definition) is 1. The molecule has 0 spiro atoms. The molecule has 0 atom stereocenters. The summed E-state index contributed by atoms with van der Waals surface area (Å²) in [4.78, 5) is 0. The molecule has 0 saturated carbocycles. The van der Waals surface area contributed by atoms with Crippen molar-refractivity contribution in [3.8, 4) is 5.69 Å². The zero-order valence-electron chi connectivity index (χ0n) is 13.2. The summed E-state index contributed by atoms with van der Waals surface area (Å²) in [5.74, 6) is 1.08. The van der Waals surface area contributed by atoms with Crippen LogP contribution in [0.15, 0.2) is 18.2 Å². The summed E-state index contributed by atoms with van der Waals surface area (Å²) in [5.41, 5.74) is 3.33. The topological polar surface area (TPSA) is 29.9 Å². The zero-order chi connectivity index (χ0) is 15.9. The van der Waals surface area contributed by atoms with E-state index in [9.17, 15) is 0 Å². The van der Waals surface area contributed by atoms with Crippen LogP contribution in [0.25, 0.3) is 5.69 Å². The average molecular weight is 338 g/mol. The predicted molar refractivity (Wildman–Crippen MR) is 93.7 cm³/mol. The van der Waals surface area contributed by atoms with Crippen LogP contribution in [0, 0.1) is 0 Å². The summed E-state index contributed by atoms with van der Waals surface area (Å²) in [7, 11) is 0. The quantitative estimate of drug-likeness (QED) is 0.772. The smallest absolute Gasteiger partial charge is 0.133 e. The minimum atomic E-state index is 0.000253. The van der Waals surface area contributed by atoms with Crippen molar-refractivity contribution in [1.82, 2.24) is 9.78 Å². The zero-order valence-corrected chi connectivity index (χ0v) is 14.7. The molecule has 118 valence electrons. The predicted octanol–water partition coefficient (Wildman–Crippen LogP) is 5.22. The molecule has 1 aliphatic heterocycles. The number of nitrogens with one attached hydrogen (secondary N) is 1. The maximum absolute atomic E-state index is 6.40. The molecule has 3 rings (SSSR count). The first-order valence-electron chi connectivity index (χ1n) is 7.69. The number of halogens is 2. The molecule has 0 unspecified atom stereocenters. The molecule has 3 nitrogen and oxygen atoms in total. The Labute approximate surface area is 141 Å². The second-order valence-electron chi connectivity index (χ2n) is 6.82. The van der Waals surface area contributed by atoms with E-state index in [1.807, 2.05) is 16.8 Å². The monoisotopic (exact) mass is 337 g/mol. The van der Waals surface area contributed by atoms with E-state index < -0.39 is 0 Å². The summed E-state index contributed by atoms with van der Waals surface area (Å²) in [5, 5.41) is 9.68. The van der Waals surface area contributed by atoms with E-state index in [-0.39, 0.29) is 5.41 Å². The van der Waals surface area contributed by atoms with Gasteiger partial charge in [-0.15, -0.1) is 0 Å². The first-order valence-corrected chi connectivity index (χ1v) is 8.45. The highest BCUT2D eigenvalue weighted by atomic mass is 35.5. The van der Waals surface area contributed by atoms with Crippen LogP contribution in [0.4, 0.5) is 5.82 Å². The number of anilines is 1. The van der Waals surface area contributed by atoms with Gasteiger partial charge in [-0.05, 0) is 37.5 Å². The molecular formula is C17H21Cl2N3. The van der Waals surface area contributed by atoms with Crippen LogP contribution in [0.1, 0.15) is 44.9 Å². The fourth-order valence-corrected chi connectivity index (χ4v) is 3.42. The lowest BCUT2D eigenvalue weighted by molar-refractivity contribution is 0.552. The summed E-state index contributed by atoms with van der Waals surface area (Å²) in [6.45, 7) is 7.57. The van der Waals surface area contributed by atoms with Gasteiger partial charge in [0.05, 0.1) is 16.4 Å². The lowest BCUT2D eigenvalue weighted by Gasteiger charge is -2.17. The van der Waals surface area contributed by atoms with Gasteiger partial charge in [0, 0.05) is 22.5 Å². The van der Waals surface area contributed by atoms with Gasteiger partial charge in [0.25, 0.3) is 0 Å². The molecule has 22 heavy (non-hydrogen) atoms. The van der Waals surface area contributed by atoms with Crippen LogP contribution in [0.3, 0.4) is 0 Å². The normalized spacial score (nSPS) is 15.1. The maximum Gasteiger partial charge on any atom is 0.133 e. The Hall–Kier alpha value is -1.19. The molecule has 2 heterocycles. The van der Waals surface area contributed by atoms with Gasteiger partial charge in [-0.3, -0.25) is 0 Å². The molecule has 0 amide bonds. The van der Waals surface area contributed by atoms with Gasteiger partial charge in [0.2, 0.25) is 0 Å². The molecule has 1 N–H and O–H groups in total. The molecule has 1 aliphatic rings. The average Bonchev–Trinajstić information content (AvgIpc) is 2.63. The number of hydrogen-bond acceptors (Lipinski definition) is 2. The molecule has 5 heteroatoms. The Balaban J connectivity index is 2.21. The van der Waals surface area contributed by atoms with E-state index in [1.54, 1.807) is 6.07 Å². The Morgan fingerprint density at radius 1 is 1.18 bits per heavy atom. The summed E-state index contributed by atoms with van der Waals surface area (Å²) in [6.07, 6.45) is 3.41. The third-order valence-corrected chi connectivity index (χ3v) is 4.52. The van der Waals surface area contributed by atoms with Gasteiger partial charge in [-0.25, -0.2) is 4.68 Å². The summed E-state index contributed by atoms with van der Waals surface area (Å²) >= 11 is 12.4. The van der Waals surface area contributed by atoms with Crippen molar-refractivity contribution in [3.63, 3.8) is 0 Å². The minimum Gasteiger partial charge on any atom is -0.370 e. The van der Waals surface area contributed by atoms with Crippen molar-refractivity contribution in [2.75, 3.05) is 11.9 Å². The number of nitrogens with zero attached hydrogens (tertiary/aromatic N) is 2. The highest BCUT2D eigenvalue weighted by molar-refractivity contribution is 6.35. The molecule has 1 aromatic carbocycles. The van der Waals surface area contributed by atoms with Crippen molar-refractivity contribution >= 4 is 29.0 Å². The van der Waals surface area contributed by atoms with Gasteiger partial charge in [-0.2, -0.15) is 5.10 Å². The highest BCUT2D eigenvalue weighted by Crippen LogP contribution is 2.36. The molecule has 0 fully saturated rings. The Morgan fingerprint density at radius 2 is 1.95 bits per heavy atom. The molecule has 1 aromatic heterocycles. The Bertz CT molecular complexity index is 699. The molecule has 0 radical (unpaired) electrons. The second-order valence-corrected chi connectivity index (χ2v) is 7.66. The lowest BCUT2D eigenvalue weighted by Crippen LogP contribution is -2.15. The number of aromatic nitrogens is 2. The third-order valence-electron chi connectivity index (χ3n) is 3.98. The van der Waals surface area contributed by atoms with Gasteiger partial charge in [-0.1, -0.05) is 44.0 Å². The van der Waals surface area contributed by atoms with E-state index in [0.717, 1.165) is 30.2 Å². The largest absolute Gasteiger partial charge is 0.370 e.